The fourth-order valence-electron chi connectivity index (χ4n) is 5.75. The van der Waals surface area contributed by atoms with Crippen molar-refractivity contribution in [2.24, 2.45) is 5.92 Å². The second-order valence-electron chi connectivity index (χ2n) is 10.2. The summed E-state index contributed by atoms with van der Waals surface area (Å²) in [6, 6.07) is 11.5. The minimum atomic E-state index is -3.45. The van der Waals surface area contributed by atoms with Gasteiger partial charge < -0.3 is 9.80 Å². The van der Waals surface area contributed by atoms with Gasteiger partial charge in [0.05, 0.1) is 10.6 Å². The van der Waals surface area contributed by atoms with Crippen molar-refractivity contribution in [2.45, 2.75) is 43.4 Å². The highest BCUT2D eigenvalue weighted by atomic mass is 32.2. The van der Waals surface area contributed by atoms with Crippen molar-refractivity contribution in [1.29, 1.82) is 0 Å². The number of sulfone groups is 1. The largest absolute Gasteiger partial charge is 0.354 e. The van der Waals surface area contributed by atoms with Crippen LogP contribution in [0.3, 0.4) is 0 Å². The predicted octanol–water partition coefficient (Wildman–Crippen LogP) is 2.79. The molecule has 1 aromatic heterocycles. The predicted molar refractivity (Wildman–Crippen MR) is 137 cm³/mol. The van der Waals surface area contributed by atoms with E-state index in [1.807, 2.05) is 35.4 Å². The Bertz CT molecular complexity index is 1130. The zero-order valence-electron chi connectivity index (χ0n) is 20.4. The maximum Gasteiger partial charge on any atom is 0.223 e. The molecule has 2 aromatic rings. The van der Waals surface area contributed by atoms with Gasteiger partial charge in [0.1, 0.15) is 5.82 Å². The number of amides is 1. The van der Waals surface area contributed by atoms with Crippen LogP contribution < -0.4 is 4.90 Å². The Morgan fingerprint density at radius 2 is 1.80 bits per heavy atom. The number of hydrogen-bond acceptors (Lipinski definition) is 6. The summed E-state index contributed by atoms with van der Waals surface area (Å²) in [5.74, 6) is 1.35. The van der Waals surface area contributed by atoms with Crippen molar-refractivity contribution in [3.05, 3.63) is 53.7 Å². The summed E-state index contributed by atoms with van der Waals surface area (Å²) in [7, 11) is -3.45. The summed E-state index contributed by atoms with van der Waals surface area (Å²) in [6.07, 6.45) is 7.09. The number of aromatic nitrogens is 1. The second kappa shape index (κ2) is 10.7. The number of carbonyl (C=O) groups is 1. The van der Waals surface area contributed by atoms with Crippen LogP contribution >= 0.6 is 0 Å². The normalized spacial score (nSPS) is 21.2. The number of piperidine rings is 1. The van der Waals surface area contributed by atoms with E-state index in [-0.39, 0.29) is 18.1 Å². The van der Waals surface area contributed by atoms with Gasteiger partial charge in [0.2, 0.25) is 5.91 Å². The van der Waals surface area contributed by atoms with E-state index in [9.17, 15) is 13.2 Å². The molecule has 0 radical (unpaired) electrons. The third-order valence-electron chi connectivity index (χ3n) is 7.75. The minimum Gasteiger partial charge on any atom is -0.354 e. The van der Waals surface area contributed by atoms with E-state index < -0.39 is 9.84 Å². The Morgan fingerprint density at radius 1 is 0.971 bits per heavy atom. The molecule has 0 bridgehead atoms. The molecule has 3 aliphatic rings. The molecular weight excluding hydrogens is 460 g/mol. The first kappa shape index (κ1) is 24.3. The van der Waals surface area contributed by atoms with E-state index in [0.29, 0.717) is 10.8 Å². The number of carbonyl (C=O) groups excluding carboxylic acids is 1. The number of aryl methyl sites for hydroxylation is 2. The molecule has 35 heavy (non-hydrogen) atoms. The van der Waals surface area contributed by atoms with Gasteiger partial charge in [-0.15, -0.1) is 0 Å². The van der Waals surface area contributed by atoms with Crippen molar-refractivity contribution in [1.82, 2.24) is 14.8 Å². The van der Waals surface area contributed by atoms with E-state index in [4.69, 9.17) is 0 Å². The molecule has 1 aliphatic carbocycles. The fraction of sp³-hybridized carbons (Fsp3) is 0.556. The van der Waals surface area contributed by atoms with E-state index in [2.05, 4.69) is 20.9 Å². The SMILES string of the molecule is O=C(CCS(=O)(=O)c1ccc2c(c1)CCC2)N1CCC[C@@H](CN2CCN(c3ccccn3)CC2)C1. The van der Waals surface area contributed by atoms with Gasteiger partial charge in [-0.2, -0.15) is 0 Å². The molecule has 0 saturated carbocycles. The Labute approximate surface area is 209 Å². The first-order valence-corrected chi connectivity index (χ1v) is 14.6. The molecule has 1 aromatic carbocycles. The lowest BCUT2D eigenvalue weighted by atomic mass is 9.97. The second-order valence-corrected chi connectivity index (χ2v) is 12.3. The molecule has 7 nitrogen and oxygen atoms in total. The first-order chi connectivity index (χ1) is 17.0. The molecule has 2 fully saturated rings. The van der Waals surface area contributed by atoms with Gasteiger partial charge in [-0.25, -0.2) is 13.4 Å². The molecule has 8 heteroatoms. The standard InChI is InChI=1S/C27H36N4O3S/c32-27(11-18-35(33,34)25-10-9-23-6-3-7-24(23)19-25)31-13-4-5-22(21-31)20-29-14-16-30(17-15-29)26-8-1-2-12-28-26/h1-2,8-10,12,19,22H,3-7,11,13-18,20-21H2/t22-/m0/s1. The lowest BCUT2D eigenvalue weighted by Gasteiger charge is -2.39. The lowest BCUT2D eigenvalue weighted by molar-refractivity contribution is -0.132. The van der Waals surface area contributed by atoms with Crippen molar-refractivity contribution >= 4 is 21.6 Å². The summed E-state index contributed by atoms with van der Waals surface area (Å²) in [5, 5.41) is 0. The Balaban J connectivity index is 1.09. The molecule has 5 rings (SSSR count). The number of anilines is 1. The quantitative estimate of drug-likeness (QED) is 0.587. The van der Waals surface area contributed by atoms with Crippen LogP contribution in [0, 0.1) is 5.92 Å². The van der Waals surface area contributed by atoms with Crippen LogP contribution in [0.5, 0.6) is 0 Å². The highest BCUT2D eigenvalue weighted by Gasteiger charge is 2.28. The zero-order valence-corrected chi connectivity index (χ0v) is 21.3. The van der Waals surface area contributed by atoms with Crippen molar-refractivity contribution in [3.8, 4) is 0 Å². The average molecular weight is 497 g/mol. The van der Waals surface area contributed by atoms with Crippen LogP contribution in [0.25, 0.3) is 0 Å². The lowest BCUT2D eigenvalue weighted by Crippen LogP contribution is -2.50. The number of rotatable bonds is 7. The summed E-state index contributed by atoms with van der Waals surface area (Å²) < 4.78 is 25.8. The van der Waals surface area contributed by atoms with Gasteiger partial charge in [0.25, 0.3) is 0 Å². The molecule has 188 valence electrons. The Hall–Kier alpha value is -2.45. The monoisotopic (exact) mass is 496 g/mol. The fourth-order valence-corrected chi connectivity index (χ4v) is 7.02. The molecule has 0 N–H and O–H groups in total. The molecular formula is C27H36N4O3S. The molecule has 0 unspecified atom stereocenters. The highest BCUT2D eigenvalue weighted by molar-refractivity contribution is 7.91. The van der Waals surface area contributed by atoms with Gasteiger partial charge >= 0.3 is 0 Å². The average Bonchev–Trinajstić information content (AvgIpc) is 3.37. The van der Waals surface area contributed by atoms with Crippen LogP contribution in [0.2, 0.25) is 0 Å². The van der Waals surface area contributed by atoms with Crippen LogP contribution in [0.4, 0.5) is 5.82 Å². The van der Waals surface area contributed by atoms with Crippen LogP contribution in [0.15, 0.2) is 47.5 Å². The van der Waals surface area contributed by atoms with Crippen LogP contribution in [-0.4, -0.2) is 80.7 Å². The number of benzene rings is 1. The molecule has 2 aliphatic heterocycles. The van der Waals surface area contributed by atoms with Crippen LogP contribution in [-0.2, 0) is 27.5 Å². The topological polar surface area (TPSA) is 73.8 Å². The summed E-state index contributed by atoms with van der Waals surface area (Å²) in [4.78, 5) is 24.5. The zero-order chi connectivity index (χ0) is 24.3. The number of hydrogen-bond donors (Lipinski definition) is 0. The van der Waals surface area contributed by atoms with E-state index in [1.54, 1.807) is 6.07 Å². The Morgan fingerprint density at radius 3 is 2.60 bits per heavy atom. The van der Waals surface area contributed by atoms with Gasteiger partial charge in [-0.05, 0) is 73.4 Å². The molecule has 1 amide bonds. The van der Waals surface area contributed by atoms with Crippen molar-refractivity contribution in [2.75, 3.05) is 56.5 Å². The minimum absolute atomic E-state index is 0.0283. The molecule has 1 atom stereocenters. The van der Waals surface area contributed by atoms with Gasteiger partial charge in [-0.1, -0.05) is 12.1 Å². The molecule has 2 saturated heterocycles. The number of pyridine rings is 1. The summed E-state index contributed by atoms with van der Waals surface area (Å²) >= 11 is 0. The Kier molecular flexibility index (Phi) is 7.39. The maximum atomic E-state index is 12.9. The number of likely N-dealkylation sites (tertiary alicyclic amines) is 1. The first-order valence-electron chi connectivity index (χ1n) is 13.0. The van der Waals surface area contributed by atoms with E-state index in [1.165, 1.54) is 5.56 Å². The molecule has 3 heterocycles. The number of piperazine rings is 1. The third-order valence-corrected chi connectivity index (χ3v) is 9.46. The van der Waals surface area contributed by atoms with E-state index >= 15 is 0 Å². The van der Waals surface area contributed by atoms with E-state index in [0.717, 1.165) is 89.3 Å². The third kappa shape index (κ3) is 5.86. The maximum absolute atomic E-state index is 12.9. The summed E-state index contributed by atoms with van der Waals surface area (Å²) in [5.41, 5.74) is 2.41. The van der Waals surface area contributed by atoms with Crippen molar-refractivity contribution < 1.29 is 13.2 Å². The molecule has 0 spiro atoms. The van der Waals surface area contributed by atoms with Gasteiger partial charge in [0, 0.05) is 58.4 Å². The number of fused-ring (bicyclic) bond motifs is 1. The van der Waals surface area contributed by atoms with Crippen molar-refractivity contribution in [3.63, 3.8) is 0 Å². The number of nitrogens with zero attached hydrogens (tertiary/aromatic N) is 4. The summed E-state index contributed by atoms with van der Waals surface area (Å²) in [6.45, 7) is 6.40. The highest BCUT2D eigenvalue weighted by Crippen LogP contribution is 2.26. The van der Waals surface area contributed by atoms with Gasteiger partial charge in [-0.3, -0.25) is 9.69 Å². The smallest absolute Gasteiger partial charge is 0.223 e. The van der Waals surface area contributed by atoms with Gasteiger partial charge in [0.15, 0.2) is 9.84 Å². The van der Waals surface area contributed by atoms with Crippen LogP contribution in [0.1, 0.15) is 36.8 Å².